The van der Waals surface area contributed by atoms with Gasteiger partial charge in [0, 0.05) is 30.2 Å². The first-order valence-electron chi connectivity index (χ1n) is 10.2. The normalized spacial score (nSPS) is 11.3. The van der Waals surface area contributed by atoms with Gasteiger partial charge in [-0.3, -0.25) is 19.5 Å². The lowest BCUT2D eigenvalue weighted by molar-refractivity contribution is -0.383. The summed E-state index contributed by atoms with van der Waals surface area (Å²) >= 11 is 0. The summed E-state index contributed by atoms with van der Waals surface area (Å²) in [7, 11) is -2.14. The summed E-state index contributed by atoms with van der Waals surface area (Å²) < 4.78 is 31.1. The van der Waals surface area contributed by atoms with E-state index in [1.165, 1.54) is 13.2 Å². The smallest absolute Gasteiger partial charge is 0.293 e. The molecule has 0 saturated carbocycles. The zero-order valence-corrected chi connectivity index (χ0v) is 19.7. The predicted octanol–water partition coefficient (Wildman–Crippen LogP) is 2.86. The Bertz CT molecular complexity index is 1290. The second kappa shape index (κ2) is 11.1. The van der Waals surface area contributed by atoms with Crippen LogP contribution in [0.4, 0.5) is 11.4 Å². The van der Waals surface area contributed by atoms with Gasteiger partial charge in [0.1, 0.15) is 11.3 Å². The Morgan fingerprint density at radius 1 is 1.21 bits per heavy atom. The van der Waals surface area contributed by atoms with Gasteiger partial charge in [-0.05, 0) is 37.4 Å². The summed E-state index contributed by atoms with van der Waals surface area (Å²) in [5.74, 6) is 0.554. The van der Waals surface area contributed by atoms with Crippen LogP contribution >= 0.6 is 0 Å². The molecule has 3 aromatic rings. The highest BCUT2D eigenvalue weighted by Crippen LogP contribution is 2.30. The number of aromatic nitrogens is 1. The maximum absolute atomic E-state index is 13.2. The highest BCUT2D eigenvalue weighted by atomic mass is 32.2. The summed E-state index contributed by atoms with van der Waals surface area (Å²) in [5, 5.41) is 15.5. The first kappa shape index (κ1) is 26.0. The number of aromatic amines is 1. The van der Waals surface area contributed by atoms with Crippen LogP contribution in [-0.2, 0) is 10.1 Å². The van der Waals surface area contributed by atoms with E-state index in [-0.39, 0.29) is 22.0 Å². The fourth-order valence-electron chi connectivity index (χ4n) is 3.36. The van der Waals surface area contributed by atoms with E-state index in [9.17, 15) is 23.3 Å². The van der Waals surface area contributed by atoms with Crippen LogP contribution in [-0.4, -0.2) is 67.3 Å². The van der Waals surface area contributed by atoms with Crippen molar-refractivity contribution in [2.45, 2.75) is 13.8 Å². The largest absolute Gasteiger partial charge is 0.497 e. The molecule has 33 heavy (non-hydrogen) atoms. The van der Waals surface area contributed by atoms with Gasteiger partial charge in [-0.2, -0.15) is 8.42 Å². The molecule has 2 aromatic carbocycles. The Labute approximate surface area is 191 Å². The Hall–Kier alpha value is -3.22. The third kappa shape index (κ3) is 6.88. The minimum atomic E-state index is -3.67. The maximum atomic E-state index is 13.2. The van der Waals surface area contributed by atoms with Crippen molar-refractivity contribution in [1.29, 1.82) is 0 Å². The SMILES string of the molecule is CCN(CC)CCNc1ccc([N+](=O)[O-])c2[nH]c3ccc(OC)cc3c(=O)c12.CS(=O)(=O)O. The molecule has 0 aliphatic heterocycles. The molecule has 180 valence electrons. The standard InChI is InChI=1S/C20H24N4O4.CH4O3S/c1-4-23(5-2)11-10-21-16-8-9-17(24(26)27)19-18(16)20(25)14-12-13(28-3)6-7-15(14)22-19;1-5(2,3)4/h6-9,12,21H,4-5,10-11H2,1-3H3,(H,22,25);1H3,(H,2,3,4). The van der Waals surface area contributed by atoms with Crippen molar-refractivity contribution in [1.82, 2.24) is 9.88 Å². The molecule has 11 nitrogen and oxygen atoms in total. The molecule has 3 rings (SSSR count). The molecule has 3 N–H and O–H groups in total. The van der Waals surface area contributed by atoms with Crippen molar-refractivity contribution >= 4 is 43.3 Å². The van der Waals surface area contributed by atoms with Gasteiger partial charge in [0.05, 0.1) is 29.2 Å². The first-order chi connectivity index (χ1) is 15.5. The second-order valence-corrected chi connectivity index (χ2v) is 8.66. The number of fused-ring (bicyclic) bond motifs is 2. The average molecular weight is 481 g/mol. The minimum absolute atomic E-state index is 0.126. The molecule has 0 spiro atoms. The third-order valence-corrected chi connectivity index (χ3v) is 4.98. The highest BCUT2D eigenvalue weighted by Gasteiger charge is 2.19. The van der Waals surface area contributed by atoms with Crippen LogP contribution in [0, 0.1) is 10.1 Å². The van der Waals surface area contributed by atoms with Crippen LogP contribution in [0.15, 0.2) is 35.1 Å². The summed E-state index contributed by atoms with van der Waals surface area (Å²) in [4.78, 5) is 29.5. The molecule has 0 saturated heterocycles. The number of ether oxygens (including phenoxy) is 1. The number of nitrogens with zero attached hydrogens (tertiary/aromatic N) is 2. The lowest BCUT2D eigenvalue weighted by Crippen LogP contribution is -2.28. The number of methoxy groups -OCH3 is 1. The van der Waals surface area contributed by atoms with Crippen molar-refractivity contribution in [2.75, 3.05) is 44.9 Å². The number of nitro benzene ring substituents is 1. The number of hydrogen-bond donors (Lipinski definition) is 3. The van der Waals surface area contributed by atoms with Gasteiger partial charge in [-0.1, -0.05) is 13.8 Å². The van der Waals surface area contributed by atoms with Crippen LogP contribution < -0.4 is 15.5 Å². The third-order valence-electron chi connectivity index (χ3n) is 4.98. The van der Waals surface area contributed by atoms with Crippen molar-refractivity contribution in [3.05, 3.63) is 50.7 Å². The number of hydrogen-bond acceptors (Lipinski definition) is 8. The molecule has 12 heteroatoms. The molecule has 1 aromatic heterocycles. The van der Waals surface area contributed by atoms with Crippen molar-refractivity contribution < 1.29 is 22.6 Å². The number of rotatable bonds is 8. The van der Waals surface area contributed by atoms with E-state index >= 15 is 0 Å². The Kier molecular flexibility index (Phi) is 8.74. The van der Waals surface area contributed by atoms with Gasteiger partial charge in [0.2, 0.25) is 0 Å². The fourth-order valence-corrected chi connectivity index (χ4v) is 3.36. The van der Waals surface area contributed by atoms with Crippen LogP contribution in [0.2, 0.25) is 0 Å². The number of non-ortho nitro benzene ring substituents is 1. The molecule has 0 aliphatic carbocycles. The monoisotopic (exact) mass is 480 g/mol. The summed E-state index contributed by atoms with van der Waals surface area (Å²) in [5.41, 5.74) is 0.941. The lowest BCUT2D eigenvalue weighted by atomic mass is 10.1. The van der Waals surface area contributed by atoms with Crippen LogP contribution in [0.5, 0.6) is 5.75 Å². The number of nitro groups is 1. The summed E-state index contributed by atoms with van der Waals surface area (Å²) in [6.07, 6.45) is 0.715. The zero-order chi connectivity index (χ0) is 24.8. The molecule has 0 atom stereocenters. The van der Waals surface area contributed by atoms with Gasteiger partial charge in [-0.15, -0.1) is 0 Å². The Morgan fingerprint density at radius 2 is 1.85 bits per heavy atom. The predicted molar refractivity (Wildman–Crippen MR) is 129 cm³/mol. The zero-order valence-electron chi connectivity index (χ0n) is 18.9. The number of anilines is 1. The molecule has 0 amide bonds. The average Bonchev–Trinajstić information content (AvgIpc) is 2.75. The van der Waals surface area contributed by atoms with Crippen molar-refractivity contribution in [3.63, 3.8) is 0 Å². The van der Waals surface area contributed by atoms with Crippen LogP contribution in [0.3, 0.4) is 0 Å². The molecule has 0 aliphatic rings. The fraction of sp³-hybridized carbons (Fsp3) is 0.381. The molecule has 0 fully saturated rings. The van der Waals surface area contributed by atoms with E-state index < -0.39 is 15.0 Å². The Morgan fingerprint density at radius 3 is 2.39 bits per heavy atom. The molecule has 0 radical (unpaired) electrons. The number of benzene rings is 2. The maximum Gasteiger partial charge on any atom is 0.293 e. The van der Waals surface area contributed by atoms with Crippen LogP contribution in [0.25, 0.3) is 21.8 Å². The molecule has 1 heterocycles. The lowest BCUT2D eigenvalue weighted by Gasteiger charge is -2.19. The molecule has 0 bridgehead atoms. The van der Waals surface area contributed by atoms with Gasteiger partial charge < -0.3 is 19.9 Å². The summed E-state index contributed by atoms with van der Waals surface area (Å²) in [6, 6.07) is 8.07. The van der Waals surface area contributed by atoms with E-state index in [2.05, 4.69) is 29.0 Å². The summed E-state index contributed by atoms with van der Waals surface area (Å²) in [6.45, 7) is 7.49. The first-order valence-corrected chi connectivity index (χ1v) is 12.0. The van der Waals surface area contributed by atoms with E-state index in [1.807, 2.05) is 0 Å². The van der Waals surface area contributed by atoms with E-state index in [1.54, 1.807) is 24.3 Å². The number of nitrogens with one attached hydrogen (secondary N) is 2. The van der Waals surface area contributed by atoms with Gasteiger partial charge in [0.25, 0.3) is 15.8 Å². The van der Waals surface area contributed by atoms with Gasteiger partial charge in [0.15, 0.2) is 5.43 Å². The minimum Gasteiger partial charge on any atom is -0.497 e. The molecular weight excluding hydrogens is 452 g/mol. The van der Waals surface area contributed by atoms with Gasteiger partial charge >= 0.3 is 0 Å². The number of likely N-dealkylation sites (N-methyl/N-ethyl adjacent to an activating group) is 1. The molecular formula is C21H28N4O7S. The van der Waals surface area contributed by atoms with E-state index in [0.29, 0.717) is 35.1 Å². The van der Waals surface area contributed by atoms with Crippen LogP contribution in [0.1, 0.15) is 13.8 Å². The number of pyridine rings is 1. The Balaban J connectivity index is 0.000000696. The second-order valence-electron chi connectivity index (χ2n) is 7.19. The van der Waals surface area contributed by atoms with E-state index in [0.717, 1.165) is 19.6 Å². The van der Waals surface area contributed by atoms with E-state index in [4.69, 9.17) is 9.29 Å². The number of H-pyrrole nitrogens is 1. The van der Waals surface area contributed by atoms with Crippen molar-refractivity contribution in [2.24, 2.45) is 0 Å². The highest BCUT2D eigenvalue weighted by molar-refractivity contribution is 7.85. The van der Waals surface area contributed by atoms with Crippen molar-refractivity contribution in [3.8, 4) is 5.75 Å². The molecule has 0 unspecified atom stereocenters. The topological polar surface area (TPSA) is 155 Å². The quantitative estimate of drug-likeness (QED) is 0.191. The van der Waals surface area contributed by atoms with Gasteiger partial charge in [-0.25, -0.2) is 0 Å².